The Morgan fingerprint density at radius 1 is 0.875 bits per heavy atom. The molecule has 16 heavy (non-hydrogen) atoms. The molecule has 0 fully saturated rings. The zero-order chi connectivity index (χ0) is 12.3. The summed E-state index contributed by atoms with van der Waals surface area (Å²) in [7, 11) is -2.91. The summed E-state index contributed by atoms with van der Waals surface area (Å²) in [5.74, 6) is 0.277. The lowest BCUT2D eigenvalue weighted by atomic mass is 10.1. The summed E-state index contributed by atoms with van der Waals surface area (Å²) in [6, 6.07) is 0. The van der Waals surface area contributed by atoms with Crippen molar-refractivity contribution in [3.05, 3.63) is 0 Å². The van der Waals surface area contributed by atoms with Gasteiger partial charge in [0.25, 0.3) is 0 Å². The van der Waals surface area contributed by atoms with Gasteiger partial charge in [0, 0.05) is 16.9 Å². The predicted molar refractivity (Wildman–Crippen MR) is 73.6 cm³/mol. The van der Waals surface area contributed by atoms with Crippen LogP contribution >= 0.6 is 0 Å². The van der Waals surface area contributed by atoms with Crippen LogP contribution in [0.3, 0.4) is 0 Å². The molecule has 1 atom stereocenters. The summed E-state index contributed by atoms with van der Waals surface area (Å²) < 4.78 is 19.7. The number of unbranched alkanes of at least 4 members (excludes halogenated alkanes) is 8. The highest BCUT2D eigenvalue weighted by atomic mass is 32.8. The first-order valence-corrected chi connectivity index (χ1v) is 8.82. The molecule has 0 heterocycles. The van der Waals surface area contributed by atoms with Crippen LogP contribution in [0.2, 0.25) is 0 Å². The molecule has 0 rings (SSSR count). The first-order chi connectivity index (χ1) is 7.56. The monoisotopic (exact) mass is 267 g/mol. The molecule has 0 spiro atoms. The van der Waals surface area contributed by atoms with E-state index in [1.54, 1.807) is 0 Å². The van der Waals surface area contributed by atoms with Gasteiger partial charge in [0.05, 0.1) is 0 Å². The Morgan fingerprint density at radius 3 is 1.62 bits per heavy atom. The van der Waals surface area contributed by atoms with Gasteiger partial charge in [0.15, 0.2) is 0 Å². The van der Waals surface area contributed by atoms with Crippen molar-refractivity contribution >= 4 is 20.0 Å². The van der Waals surface area contributed by atoms with Gasteiger partial charge in [0.2, 0.25) is 0 Å². The van der Waals surface area contributed by atoms with Crippen molar-refractivity contribution in [2.24, 2.45) is 5.73 Å². The van der Waals surface area contributed by atoms with Gasteiger partial charge in [-0.05, 0) is 19.4 Å². The molecule has 0 aliphatic heterocycles. The van der Waals surface area contributed by atoms with Gasteiger partial charge in [-0.1, -0.05) is 44.9 Å². The van der Waals surface area contributed by atoms with Crippen LogP contribution in [0.1, 0.15) is 57.8 Å². The van der Waals surface area contributed by atoms with Gasteiger partial charge in [-0.25, -0.2) is 4.21 Å². The second-order valence-corrected chi connectivity index (χ2v) is 7.39. The summed E-state index contributed by atoms with van der Waals surface area (Å²) in [5.41, 5.74) is 5.41. The molecule has 0 bridgehead atoms. The standard InChI is InChI=1S/C11H25NO2S2/c12-10-8-6-4-2-1-3-5-7-9-11-16(13,14)15/h1-12H2,(H,13,14,15). The quantitative estimate of drug-likeness (QED) is 0.565. The largest absolute Gasteiger partial charge is 0.330 e. The van der Waals surface area contributed by atoms with E-state index in [4.69, 9.17) is 10.3 Å². The van der Waals surface area contributed by atoms with Crippen LogP contribution in [0, 0.1) is 0 Å². The van der Waals surface area contributed by atoms with Crippen LogP contribution in [-0.2, 0) is 20.0 Å². The molecule has 0 aliphatic rings. The van der Waals surface area contributed by atoms with E-state index in [0.717, 1.165) is 32.2 Å². The summed E-state index contributed by atoms with van der Waals surface area (Å²) in [6.45, 7) is 0.807. The number of rotatable bonds is 11. The Kier molecular flexibility index (Phi) is 10.6. The zero-order valence-electron chi connectivity index (χ0n) is 10.0. The van der Waals surface area contributed by atoms with E-state index in [1.807, 2.05) is 0 Å². The number of hydrogen-bond donors (Lipinski definition) is 2. The maximum Gasteiger partial charge on any atom is 0.141 e. The minimum atomic E-state index is -2.91. The molecule has 1 unspecified atom stereocenters. The van der Waals surface area contributed by atoms with Crippen LogP contribution in [0.25, 0.3) is 0 Å². The van der Waals surface area contributed by atoms with Crippen molar-refractivity contribution in [3.8, 4) is 0 Å². The van der Waals surface area contributed by atoms with E-state index >= 15 is 0 Å². The Labute approximate surface area is 105 Å². The van der Waals surface area contributed by atoms with Crippen LogP contribution in [0.5, 0.6) is 0 Å². The van der Waals surface area contributed by atoms with Crippen LogP contribution in [0.4, 0.5) is 0 Å². The van der Waals surface area contributed by atoms with Crippen LogP contribution in [-0.4, -0.2) is 21.1 Å². The molecule has 3 N–H and O–H groups in total. The summed E-state index contributed by atoms with van der Waals surface area (Å²) in [6.07, 6.45) is 10.4. The fourth-order valence-electron chi connectivity index (χ4n) is 1.67. The third-order valence-electron chi connectivity index (χ3n) is 2.61. The van der Waals surface area contributed by atoms with E-state index in [-0.39, 0.29) is 5.75 Å². The minimum absolute atomic E-state index is 0.277. The summed E-state index contributed by atoms with van der Waals surface area (Å²) in [4.78, 5) is 0. The lowest BCUT2D eigenvalue weighted by molar-refractivity contribution is 0.547. The molecule has 0 aromatic heterocycles. The normalized spacial score (nSPS) is 14.9. The first kappa shape index (κ1) is 16.3. The van der Waals surface area contributed by atoms with E-state index in [0.29, 0.717) is 0 Å². The molecule has 0 amide bonds. The van der Waals surface area contributed by atoms with Crippen molar-refractivity contribution in [2.45, 2.75) is 57.8 Å². The molecule has 0 aromatic carbocycles. The number of nitrogens with two attached hydrogens (primary N) is 1. The Bertz CT molecular complexity index is 240. The zero-order valence-corrected chi connectivity index (χ0v) is 11.7. The van der Waals surface area contributed by atoms with Crippen molar-refractivity contribution in [2.75, 3.05) is 12.3 Å². The van der Waals surface area contributed by atoms with Gasteiger partial charge in [0.1, 0.15) is 8.77 Å². The lowest BCUT2D eigenvalue weighted by Crippen LogP contribution is -2.01. The molecule has 0 aliphatic carbocycles. The highest BCUT2D eigenvalue weighted by Crippen LogP contribution is 2.09. The van der Waals surface area contributed by atoms with Crippen molar-refractivity contribution in [1.29, 1.82) is 0 Å². The Hall–Kier alpha value is 0.290. The Morgan fingerprint density at radius 2 is 1.25 bits per heavy atom. The van der Waals surface area contributed by atoms with Gasteiger partial charge >= 0.3 is 0 Å². The van der Waals surface area contributed by atoms with Crippen LogP contribution in [0.15, 0.2) is 0 Å². The molecular formula is C11H25NO2S2. The molecule has 0 radical (unpaired) electrons. The molecule has 0 saturated carbocycles. The van der Waals surface area contributed by atoms with E-state index in [9.17, 15) is 4.21 Å². The fourth-order valence-corrected chi connectivity index (χ4v) is 2.59. The third-order valence-corrected chi connectivity index (χ3v) is 3.91. The van der Waals surface area contributed by atoms with Gasteiger partial charge in [-0.2, -0.15) is 0 Å². The molecule has 0 saturated heterocycles. The van der Waals surface area contributed by atoms with Crippen molar-refractivity contribution in [1.82, 2.24) is 0 Å². The highest BCUT2D eigenvalue weighted by molar-refractivity contribution is 8.29. The molecule has 3 nitrogen and oxygen atoms in total. The van der Waals surface area contributed by atoms with E-state index in [1.165, 1.54) is 32.1 Å². The second kappa shape index (κ2) is 10.4. The van der Waals surface area contributed by atoms with Crippen LogP contribution < -0.4 is 5.73 Å². The predicted octanol–water partition coefficient (Wildman–Crippen LogP) is 2.68. The third kappa shape index (κ3) is 14.3. The first-order valence-electron chi connectivity index (χ1n) is 6.21. The topological polar surface area (TPSA) is 63.3 Å². The second-order valence-electron chi connectivity index (χ2n) is 4.26. The SMILES string of the molecule is NCCCCCCCCCCCS(=O)(O)=S. The minimum Gasteiger partial charge on any atom is -0.330 e. The van der Waals surface area contributed by atoms with Gasteiger partial charge in [-0.15, -0.1) is 0 Å². The lowest BCUT2D eigenvalue weighted by Gasteiger charge is -2.02. The fraction of sp³-hybridized carbons (Fsp3) is 1.00. The van der Waals surface area contributed by atoms with E-state index < -0.39 is 8.77 Å². The summed E-state index contributed by atoms with van der Waals surface area (Å²) in [5, 5.41) is 0. The summed E-state index contributed by atoms with van der Waals surface area (Å²) >= 11 is 4.42. The van der Waals surface area contributed by atoms with Crippen molar-refractivity contribution in [3.63, 3.8) is 0 Å². The average Bonchev–Trinajstić information content (AvgIpc) is 2.19. The molecular weight excluding hydrogens is 242 g/mol. The van der Waals surface area contributed by atoms with Crippen molar-refractivity contribution < 1.29 is 8.76 Å². The maximum atomic E-state index is 10.8. The highest BCUT2D eigenvalue weighted by Gasteiger charge is 1.99. The average molecular weight is 267 g/mol. The molecule has 0 aromatic rings. The van der Waals surface area contributed by atoms with E-state index in [2.05, 4.69) is 11.2 Å². The number of hydrogen-bond acceptors (Lipinski definition) is 3. The smallest absolute Gasteiger partial charge is 0.141 e. The van der Waals surface area contributed by atoms with Gasteiger partial charge < -0.3 is 10.3 Å². The Balaban J connectivity index is 3.05. The van der Waals surface area contributed by atoms with Gasteiger partial charge in [-0.3, -0.25) is 0 Å². The molecule has 5 heteroatoms. The maximum absolute atomic E-state index is 10.8. The molecule has 98 valence electrons.